The molecule has 0 N–H and O–H groups in total. The van der Waals surface area contributed by atoms with Crippen LogP contribution in [0.3, 0.4) is 0 Å². The summed E-state index contributed by atoms with van der Waals surface area (Å²) in [6, 6.07) is 18.6. The molecule has 0 aliphatic carbocycles. The maximum absolute atomic E-state index is 12.6. The third-order valence-corrected chi connectivity index (χ3v) is 5.95. The number of amides is 1. The molecule has 27 heavy (non-hydrogen) atoms. The topological polar surface area (TPSA) is 26.8 Å². The maximum Gasteiger partial charge on any atom is 0.253 e. The van der Waals surface area contributed by atoms with Gasteiger partial charge in [0.05, 0.1) is 0 Å². The highest BCUT2D eigenvalue weighted by Gasteiger charge is 2.22. The molecule has 4 rings (SSSR count). The van der Waals surface area contributed by atoms with E-state index in [9.17, 15) is 4.79 Å². The van der Waals surface area contributed by atoms with Crippen LogP contribution >= 0.6 is 0 Å². The summed E-state index contributed by atoms with van der Waals surface area (Å²) in [5.74, 6) is 1.00. The number of nitrogens with zero attached hydrogens (tertiary/aromatic N) is 3. The molecular weight excluding hydrogens is 334 g/mol. The van der Waals surface area contributed by atoms with Gasteiger partial charge in [0.1, 0.15) is 0 Å². The minimum absolute atomic E-state index is 0.143. The molecule has 4 heteroatoms. The highest BCUT2D eigenvalue weighted by atomic mass is 16.2. The van der Waals surface area contributed by atoms with E-state index in [2.05, 4.69) is 41.0 Å². The van der Waals surface area contributed by atoms with Crippen LogP contribution in [0.15, 0.2) is 54.6 Å². The standard InChI is InChI=1S/C23H29N3O/c1-19-11-13-24(14-12-19)21-7-9-22(10-8-21)25-15-17-26(18-16-25)23(27)20-5-3-2-4-6-20/h2-10,19H,11-18H2,1H3. The van der Waals surface area contributed by atoms with Gasteiger partial charge in [-0.1, -0.05) is 25.1 Å². The molecule has 0 spiro atoms. The van der Waals surface area contributed by atoms with Crippen molar-refractivity contribution < 1.29 is 4.79 Å². The Kier molecular flexibility index (Phi) is 5.33. The van der Waals surface area contributed by atoms with Crippen molar-refractivity contribution in [2.45, 2.75) is 19.8 Å². The van der Waals surface area contributed by atoms with Crippen molar-refractivity contribution >= 4 is 17.3 Å². The summed E-state index contributed by atoms with van der Waals surface area (Å²) >= 11 is 0. The number of anilines is 2. The molecule has 2 aliphatic heterocycles. The third-order valence-electron chi connectivity index (χ3n) is 5.95. The zero-order chi connectivity index (χ0) is 18.6. The summed E-state index contributed by atoms with van der Waals surface area (Å²) in [6.45, 7) is 8.02. The number of carbonyl (C=O) groups is 1. The SMILES string of the molecule is CC1CCN(c2ccc(N3CCN(C(=O)c4ccccc4)CC3)cc2)CC1. The summed E-state index contributed by atoms with van der Waals surface area (Å²) in [4.78, 5) is 19.4. The molecule has 2 heterocycles. The van der Waals surface area contributed by atoms with Crippen molar-refractivity contribution in [3.05, 3.63) is 60.2 Å². The van der Waals surface area contributed by atoms with Crippen LogP contribution in [0.5, 0.6) is 0 Å². The first-order valence-corrected chi connectivity index (χ1v) is 10.1. The van der Waals surface area contributed by atoms with Crippen LogP contribution in [-0.2, 0) is 0 Å². The summed E-state index contributed by atoms with van der Waals surface area (Å²) in [7, 11) is 0. The Hall–Kier alpha value is -2.49. The first-order valence-electron chi connectivity index (χ1n) is 10.1. The first-order chi connectivity index (χ1) is 13.2. The Morgan fingerprint density at radius 2 is 1.26 bits per heavy atom. The van der Waals surface area contributed by atoms with E-state index >= 15 is 0 Å². The van der Waals surface area contributed by atoms with Gasteiger partial charge in [0.2, 0.25) is 0 Å². The van der Waals surface area contributed by atoms with E-state index in [1.807, 2.05) is 35.2 Å². The molecule has 0 unspecified atom stereocenters. The normalized spacial score (nSPS) is 18.6. The number of piperidine rings is 1. The average molecular weight is 364 g/mol. The molecule has 0 bridgehead atoms. The number of benzene rings is 2. The number of hydrogen-bond acceptors (Lipinski definition) is 3. The second kappa shape index (κ2) is 8.03. The number of piperazine rings is 1. The van der Waals surface area contributed by atoms with Crippen LogP contribution in [0, 0.1) is 5.92 Å². The highest BCUT2D eigenvalue weighted by molar-refractivity contribution is 5.94. The lowest BCUT2D eigenvalue weighted by Gasteiger charge is -2.36. The van der Waals surface area contributed by atoms with Gasteiger partial charge in [0.15, 0.2) is 0 Å². The number of rotatable bonds is 3. The Bertz CT molecular complexity index is 743. The lowest BCUT2D eigenvalue weighted by molar-refractivity contribution is 0.0747. The van der Waals surface area contributed by atoms with Crippen LogP contribution < -0.4 is 9.80 Å². The number of hydrogen-bond donors (Lipinski definition) is 0. The second-order valence-electron chi connectivity index (χ2n) is 7.83. The van der Waals surface area contributed by atoms with Crippen molar-refractivity contribution in [2.75, 3.05) is 49.1 Å². The summed E-state index contributed by atoms with van der Waals surface area (Å²) in [5, 5.41) is 0. The van der Waals surface area contributed by atoms with E-state index in [0.717, 1.165) is 37.7 Å². The van der Waals surface area contributed by atoms with Crippen molar-refractivity contribution in [2.24, 2.45) is 5.92 Å². The van der Waals surface area contributed by atoms with Crippen LogP contribution in [0.4, 0.5) is 11.4 Å². The van der Waals surface area contributed by atoms with Crippen molar-refractivity contribution in [1.29, 1.82) is 0 Å². The predicted molar refractivity (Wildman–Crippen MR) is 112 cm³/mol. The Morgan fingerprint density at radius 3 is 1.81 bits per heavy atom. The van der Waals surface area contributed by atoms with E-state index in [1.54, 1.807) is 0 Å². The fourth-order valence-corrected chi connectivity index (χ4v) is 4.07. The molecular formula is C23H29N3O. The van der Waals surface area contributed by atoms with Crippen LogP contribution in [0.1, 0.15) is 30.1 Å². The average Bonchev–Trinajstić information content (AvgIpc) is 2.75. The molecule has 0 radical (unpaired) electrons. The van der Waals surface area contributed by atoms with Gasteiger partial charge >= 0.3 is 0 Å². The third kappa shape index (κ3) is 4.10. The van der Waals surface area contributed by atoms with Gasteiger partial charge < -0.3 is 14.7 Å². The predicted octanol–water partition coefficient (Wildman–Crippen LogP) is 3.89. The molecule has 0 saturated carbocycles. The Labute approximate surface area is 162 Å². The molecule has 2 saturated heterocycles. The van der Waals surface area contributed by atoms with E-state index in [4.69, 9.17) is 0 Å². The number of carbonyl (C=O) groups excluding carboxylic acids is 1. The van der Waals surface area contributed by atoms with Gasteiger partial charge in [-0.2, -0.15) is 0 Å². The van der Waals surface area contributed by atoms with Gasteiger partial charge in [0.25, 0.3) is 5.91 Å². The second-order valence-corrected chi connectivity index (χ2v) is 7.83. The van der Waals surface area contributed by atoms with Crippen LogP contribution in [-0.4, -0.2) is 50.1 Å². The minimum Gasteiger partial charge on any atom is -0.372 e. The molecule has 142 valence electrons. The summed E-state index contributed by atoms with van der Waals surface area (Å²) in [6.07, 6.45) is 2.58. The quantitative estimate of drug-likeness (QED) is 0.828. The molecule has 2 fully saturated rings. The highest BCUT2D eigenvalue weighted by Crippen LogP contribution is 2.26. The van der Waals surface area contributed by atoms with Crippen molar-refractivity contribution in [3.63, 3.8) is 0 Å². The zero-order valence-electron chi connectivity index (χ0n) is 16.2. The summed E-state index contributed by atoms with van der Waals surface area (Å²) in [5.41, 5.74) is 3.38. The van der Waals surface area contributed by atoms with E-state index < -0.39 is 0 Å². The van der Waals surface area contributed by atoms with Crippen LogP contribution in [0.25, 0.3) is 0 Å². The van der Waals surface area contributed by atoms with E-state index in [0.29, 0.717) is 0 Å². The molecule has 4 nitrogen and oxygen atoms in total. The molecule has 2 aliphatic rings. The lowest BCUT2D eigenvalue weighted by atomic mass is 9.99. The summed E-state index contributed by atoms with van der Waals surface area (Å²) < 4.78 is 0. The van der Waals surface area contributed by atoms with E-state index in [1.165, 1.54) is 37.3 Å². The van der Waals surface area contributed by atoms with Gasteiger partial charge in [-0.25, -0.2) is 0 Å². The molecule has 2 aromatic rings. The maximum atomic E-state index is 12.6. The monoisotopic (exact) mass is 363 g/mol. The Morgan fingerprint density at radius 1 is 0.741 bits per heavy atom. The van der Waals surface area contributed by atoms with Crippen molar-refractivity contribution in [3.8, 4) is 0 Å². The van der Waals surface area contributed by atoms with Gasteiger partial charge in [0, 0.05) is 56.2 Å². The van der Waals surface area contributed by atoms with Gasteiger partial charge in [-0.05, 0) is 55.2 Å². The smallest absolute Gasteiger partial charge is 0.253 e. The molecule has 0 aromatic heterocycles. The fourth-order valence-electron chi connectivity index (χ4n) is 4.07. The largest absolute Gasteiger partial charge is 0.372 e. The fraction of sp³-hybridized carbons (Fsp3) is 0.435. The van der Waals surface area contributed by atoms with Crippen LogP contribution in [0.2, 0.25) is 0 Å². The first kappa shape index (κ1) is 17.9. The van der Waals surface area contributed by atoms with E-state index in [-0.39, 0.29) is 5.91 Å². The Balaban J connectivity index is 1.34. The molecule has 2 aromatic carbocycles. The zero-order valence-corrected chi connectivity index (χ0v) is 16.2. The van der Waals surface area contributed by atoms with Crippen molar-refractivity contribution in [1.82, 2.24) is 4.90 Å². The van der Waals surface area contributed by atoms with Gasteiger partial charge in [-0.3, -0.25) is 4.79 Å². The minimum atomic E-state index is 0.143. The van der Waals surface area contributed by atoms with Gasteiger partial charge in [-0.15, -0.1) is 0 Å². The molecule has 0 atom stereocenters. The molecule has 1 amide bonds. The lowest BCUT2D eigenvalue weighted by Crippen LogP contribution is -2.48.